The number of Topliss-reactive ketones (excluding diaryl/α,β-unsaturated/α-hetero) is 2. The number of nitrogens with one attached hydrogen (secondary N) is 2. The Morgan fingerprint density at radius 1 is 0.451 bits per heavy atom. The van der Waals surface area contributed by atoms with Gasteiger partial charge >= 0.3 is 11.9 Å². The molecule has 4 aliphatic heterocycles. The second-order valence-electron chi connectivity index (χ2n) is 23.4. The predicted octanol–water partition coefficient (Wildman–Crippen LogP) is 12.9. The minimum absolute atomic E-state index is 0. The van der Waals surface area contributed by atoms with Crippen LogP contribution in [-0.4, -0.2) is 101 Å². The molecule has 0 saturated carbocycles. The molecule has 0 amide bonds. The molecule has 2 saturated heterocycles. The van der Waals surface area contributed by atoms with Crippen molar-refractivity contribution >= 4 is 59.7 Å². The maximum atomic E-state index is 13.5. The number of likely N-dealkylation sites (tertiary alicyclic amines) is 2. The number of hydrogen-bond donors (Lipinski definition) is 2. The summed E-state index contributed by atoms with van der Waals surface area (Å²) in [6.45, 7) is 16.0. The third-order valence-corrected chi connectivity index (χ3v) is 18.0. The normalized spacial score (nSPS) is 17.9. The number of esters is 2. The number of rotatable bonds is 20. The molecule has 91 heavy (non-hydrogen) atoms. The van der Waals surface area contributed by atoms with Crippen molar-refractivity contribution < 1.29 is 44.0 Å². The number of carbonyl (C=O) groups excluding carboxylic acids is 4. The number of nitrogens with zero attached hydrogens (tertiary/aromatic N) is 4. The Bertz CT molecular complexity index is 3320. The third-order valence-electron chi connectivity index (χ3n) is 18.0. The van der Waals surface area contributed by atoms with E-state index < -0.39 is 33.6 Å². The fraction of sp³-hybridized carbons (Fsp3) is 0.333. The maximum absolute atomic E-state index is 13.5. The zero-order chi connectivity index (χ0) is 62.5. The molecule has 0 aliphatic carbocycles. The van der Waals surface area contributed by atoms with E-state index in [-0.39, 0.29) is 77.3 Å². The summed E-state index contributed by atoms with van der Waals surface area (Å²) in [4.78, 5) is 78.8. The maximum Gasteiger partial charge on any atom is 0.336 e. The number of nitro groups is 2. The molecule has 4 heterocycles. The second-order valence-corrected chi connectivity index (χ2v) is 23.4. The molecule has 17 nitrogen and oxygen atoms in total. The summed E-state index contributed by atoms with van der Waals surface area (Å²) in [6.07, 6.45) is 5.41. The topological polar surface area (TPSA) is 235 Å². The Morgan fingerprint density at radius 2 is 0.714 bits per heavy atom. The highest BCUT2D eigenvalue weighted by molar-refractivity contribution is 6.03. The summed E-state index contributed by atoms with van der Waals surface area (Å²) in [5.74, 6) is -2.68. The van der Waals surface area contributed by atoms with Crippen LogP contribution in [0.25, 0.3) is 0 Å². The number of dihydropyridines is 2. The number of carbonyl (C=O) groups is 4. The lowest BCUT2D eigenvalue weighted by Crippen LogP contribution is -2.43. The van der Waals surface area contributed by atoms with Crippen molar-refractivity contribution in [1.82, 2.24) is 20.4 Å². The SMILES string of the molecule is CC(=O)C1=C(C)NC(C)=C(C(=O)OCCCN2CCC(c3ccccc3)(c3ccccc3)CC2)C1c1ccc([N+](=O)[O-])cc1.CC(=O)C1=C(C)NC(C)=C(C(=O)OCCCN2CCC(c3ccccc3)(c3ccccc3)CC2)C1c1ccc([N+](=O)[O-])cc1.Cl.Cl.O. The molecule has 10 rings (SSSR count). The van der Waals surface area contributed by atoms with E-state index in [0.29, 0.717) is 69.0 Å². The van der Waals surface area contributed by atoms with E-state index in [1.165, 1.54) is 60.4 Å². The molecule has 2 unspecified atom stereocenters. The van der Waals surface area contributed by atoms with E-state index in [9.17, 15) is 39.4 Å². The monoisotopic (exact) mass is 1280 g/mol. The van der Waals surface area contributed by atoms with Gasteiger partial charge in [0.15, 0.2) is 11.6 Å². The molecule has 0 radical (unpaired) electrons. The third kappa shape index (κ3) is 16.3. The first-order valence-electron chi connectivity index (χ1n) is 30.3. The largest absolute Gasteiger partial charge is 0.462 e. The quantitative estimate of drug-likeness (QED) is 0.0313. The van der Waals surface area contributed by atoms with Gasteiger partial charge in [-0.3, -0.25) is 29.8 Å². The van der Waals surface area contributed by atoms with E-state index in [0.717, 1.165) is 65.0 Å². The van der Waals surface area contributed by atoms with Gasteiger partial charge in [0.2, 0.25) is 0 Å². The molecule has 4 aliphatic rings. The number of ketones is 2. The lowest BCUT2D eigenvalue weighted by atomic mass is 9.68. The number of ether oxygens (including phenoxy) is 2. The van der Waals surface area contributed by atoms with Crippen LogP contribution < -0.4 is 10.6 Å². The number of non-ortho nitro benzene ring substituents is 2. The molecule has 6 aromatic rings. The molecule has 2 atom stereocenters. The van der Waals surface area contributed by atoms with Gasteiger partial charge in [-0.2, -0.15) is 0 Å². The molecule has 0 spiro atoms. The van der Waals surface area contributed by atoms with Crippen LogP contribution in [0.2, 0.25) is 0 Å². The summed E-state index contributed by atoms with van der Waals surface area (Å²) >= 11 is 0. The van der Waals surface area contributed by atoms with Crippen molar-refractivity contribution in [1.29, 1.82) is 0 Å². The molecule has 4 N–H and O–H groups in total. The first-order chi connectivity index (χ1) is 42.4. The average Bonchev–Trinajstić information content (AvgIpc) is 0.907. The van der Waals surface area contributed by atoms with Gasteiger partial charge in [0.1, 0.15) is 0 Å². The zero-order valence-corrected chi connectivity index (χ0v) is 54.0. The van der Waals surface area contributed by atoms with Crippen LogP contribution in [0.15, 0.2) is 215 Å². The van der Waals surface area contributed by atoms with Gasteiger partial charge in [-0.1, -0.05) is 146 Å². The molecule has 2 fully saturated rings. The summed E-state index contributed by atoms with van der Waals surface area (Å²) in [6, 6.07) is 55.0. The Kier molecular flexibility index (Phi) is 25.5. The Hall–Kier alpha value is -8.58. The van der Waals surface area contributed by atoms with Crippen LogP contribution in [0, 0.1) is 20.2 Å². The molecule has 480 valence electrons. The first-order valence-corrected chi connectivity index (χ1v) is 30.3. The fourth-order valence-electron chi connectivity index (χ4n) is 13.6. The lowest BCUT2D eigenvalue weighted by molar-refractivity contribution is -0.385. The van der Waals surface area contributed by atoms with E-state index in [1.807, 2.05) is 0 Å². The number of halogens is 2. The number of piperidine rings is 2. The molecule has 19 heteroatoms. The molecule has 0 bridgehead atoms. The van der Waals surface area contributed by atoms with Crippen LogP contribution in [0.4, 0.5) is 11.4 Å². The van der Waals surface area contributed by atoms with Crippen molar-refractivity contribution in [3.05, 3.63) is 269 Å². The van der Waals surface area contributed by atoms with Crippen LogP contribution >= 0.6 is 24.8 Å². The Labute approximate surface area is 545 Å². The molecular weight excluding hydrogens is 1200 g/mol. The standard InChI is InChI=1S/2C36H39N3O5.2ClH.H2O/c2*1-25-32(27(3)40)34(28-15-17-31(18-16-28)39(42)43)33(26(2)37-25)35(41)44-24-10-21-38-22-19-36(20-23-38,29-11-6-4-7-12-29)30-13-8-5-9-14-30;;;/h2*4-9,11-18,34,37H,10,19-24H2,1-3H3;2*1H;1H2. The van der Waals surface area contributed by atoms with E-state index in [2.05, 4.69) is 142 Å². The van der Waals surface area contributed by atoms with Crippen molar-refractivity contribution in [2.45, 2.75) is 103 Å². The number of allylic oxidation sites excluding steroid dienone is 6. The average molecular weight is 1280 g/mol. The number of nitro benzene ring substituents is 2. The van der Waals surface area contributed by atoms with Crippen molar-refractivity contribution in [2.24, 2.45) is 0 Å². The van der Waals surface area contributed by atoms with Gasteiger partial charge in [-0.15, -0.1) is 24.8 Å². The number of benzene rings is 6. The van der Waals surface area contributed by atoms with Gasteiger partial charge in [0.05, 0.1) is 34.2 Å². The van der Waals surface area contributed by atoms with Gasteiger partial charge in [-0.05, 0) is 140 Å². The molecule has 0 aromatic heterocycles. The van der Waals surface area contributed by atoms with Crippen molar-refractivity contribution in [3.63, 3.8) is 0 Å². The second kappa shape index (κ2) is 32.4. The van der Waals surface area contributed by atoms with Gasteiger partial charge in [-0.25, -0.2) is 9.59 Å². The van der Waals surface area contributed by atoms with Crippen LogP contribution in [0.5, 0.6) is 0 Å². The van der Waals surface area contributed by atoms with Gasteiger partial charge in [0, 0.05) is 94.0 Å². The summed E-state index contributed by atoms with van der Waals surface area (Å²) in [5.41, 5.74) is 10.6. The van der Waals surface area contributed by atoms with Crippen LogP contribution in [0.3, 0.4) is 0 Å². The molecular formula is C72H82Cl2N6O11. The minimum Gasteiger partial charge on any atom is -0.462 e. The summed E-state index contributed by atoms with van der Waals surface area (Å²) in [7, 11) is 0. The van der Waals surface area contributed by atoms with Gasteiger partial charge < -0.3 is 35.4 Å². The highest BCUT2D eigenvalue weighted by atomic mass is 35.5. The summed E-state index contributed by atoms with van der Waals surface area (Å²) < 4.78 is 11.6. The summed E-state index contributed by atoms with van der Waals surface area (Å²) in [5, 5.41) is 28.7. The van der Waals surface area contributed by atoms with Gasteiger partial charge in [0.25, 0.3) is 11.4 Å². The Morgan fingerprint density at radius 3 is 0.967 bits per heavy atom. The zero-order valence-electron chi connectivity index (χ0n) is 52.4. The van der Waals surface area contributed by atoms with Crippen molar-refractivity contribution in [2.75, 3.05) is 52.5 Å². The van der Waals surface area contributed by atoms with E-state index in [4.69, 9.17) is 9.47 Å². The lowest BCUT2D eigenvalue weighted by Gasteiger charge is -2.43. The van der Waals surface area contributed by atoms with E-state index in [1.54, 1.807) is 52.0 Å². The highest BCUT2D eigenvalue weighted by Gasteiger charge is 2.41. The smallest absolute Gasteiger partial charge is 0.336 e. The predicted molar refractivity (Wildman–Crippen MR) is 358 cm³/mol. The first kappa shape index (κ1) is 71.5. The number of hydrogen-bond acceptors (Lipinski definition) is 14. The van der Waals surface area contributed by atoms with Crippen LogP contribution in [-0.2, 0) is 39.5 Å². The van der Waals surface area contributed by atoms with E-state index >= 15 is 0 Å². The highest BCUT2D eigenvalue weighted by Crippen LogP contribution is 2.45. The van der Waals surface area contributed by atoms with Crippen molar-refractivity contribution in [3.8, 4) is 0 Å². The minimum atomic E-state index is -0.673. The fourth-order valence-corrected chi connectivity index (χ4v) is 13.6. The molecule has 6 aromatic carbocycles. The van der Waals surface area contributed by atoms with Crippen LogP contribution in [0.1, 0.15) is 125 Å². The Balaban J connectivity index is 0.000000280.